The molecular weight excluding hydrogens is 247 g/mol. The van der Waals surface area contributed by atoms with Crippen molar-refractivity contribution < 1.29 is 9.18 Å². The number of amides is 1. The summed E-state index contributed by atoms with van der Waals surface area (Å²) in [7, 11) is 0. The number of nitrogens with one attached hydrogen (secondary N) is 1. The highest BCUT2D eigenvalue weighted by atomic mass is 19.1. The number of benzene rings is 1. The Morgan fingerprint density at radius 2 is 2.42 bits per heavy atom. The number of rotatable bonds is 3. The Labute approximate surface area is 110 Å². The maximum absolute atomic E-state index is 13.1. The molecule has 6 heteroatoms. The van der Waals surface area contributed by atoms with Gasteiger partial charge < -0.3 is 11.1 Å². The molecule has 1 unspecified atom stereocenters. The minimum atomic E-state index is -0.438. The molecule has 1 heterocycles. The Hall–Kier alpha value is -1.97. The molecule has 0 aliphatic carbocycles. The van der Waals surface area contributed by atoms with Crippen molar-refractivity contribution in [3.05, 3.63) is 35.1 Å². The van der Waals surface area contributed by atoms with Crippen molar-refractivity contribution >= 4 is 5.91 Å². The second-order valence-electron chi connectivity index (χ2n) is 4.51. The normalized spacial score (nSPS) is 19.9. The summed E-state index contributed by atoms with van der Waals surface area (Å²) in [5.74, 6) is -0.833. The fourth-order valence-electron chi connectivity index (χ4n) is 2.23. The van der Waals surface area contributed by atoms with Gasteiger partial charge in [-0.3, -0.25) is 9.69 Å². The molecular formula is C13H15FN4O. The number of piperazine rings is 1. The van der Waals surface area contributed by atoms with Gasteiger partial charge in [-0.25, -0.2) is 4.39 Å². The van der Waals surface area contributed by atoms with Gasteiger partial charge in [0.05, 0.1) is 11.6 Å². The zero-order valence-electron chi connectivity index (χ0n) is 10.4. The molecule has 0 radical (unpaired) electrons. The van der Waals surface area contributed by atoms with Crippen LogP contribution in [0.5, 0.6) is 0 Å². The summed E-state index contributed by atoms with van der Waals surface area (Å²) in [6.07, 6.45) is 0. The monoisotopic (exact) mass is 262 g/mol. The summed E-state index contributed by atoms with van der Waals surface area (Å²) in [4.78, 5) is 13.3. The molecule has 1 aromatic carbocycles. The lowest BCUT2D eigenvalue weighted by atomic mass is 10.1. The van der Waals surface area contributed by atoms with Gasteiger partial charge >= 0.3 is 0 Å². The van der Waals surface area contributed by atoms with Crippen molar-refractivity contribution in [1.29, 1.82) is 5.26 Å². The predicted molar refractivity (Wildman–Crippen MR) is 67.4 cm³/mol. The summed E-state index contributed by atoms with van der Waals surface area (Å²) in [5, 5.41) is 12.1. The molecule has 1 amide bonds. The quantitative estimate of drug-likeness (QED) is 0.800. The number of hydrogen-bond acceptors (Lipinski definition) is 4. The van der Waals surface area contributed by atoms with Crippen LogP contribution in [0, 0.1) is 17.1 Å². The van der Waals surface area contributed by atoms with Gasteiger partial charge in [0.15, 0.2) is 0 Å². The zero-order chi connectivity index (χ0) is 13.8. The number of hydrogen-bond donors (Lipinski definition) is 2. The average Bonchev–Trinajstić information content (AvgIpc) is 2.41. The first kappa shape index (κ1) is 13.5. The van der Waals surface area contributed by atoms with Crippen LogP contribution in [0.2, 0.25) is 0 Å². The van der Waals surface area contributed by atoms with Gasteiger partial charge in [-0.05, 0) is 17.7 Å². The summed E-state index contributed by atoms with van der Waals surface area (Å²) in [6.45, 7) is 2.33. The van der Waals surface area contributed by atoms with E-state index in [1.54, 1.807) is 6.07 Å². The standard InChI is InChI=1S/C13H15FN4O/c14-11-2-1-9(10(5-11)6-15)8-18-4-3-17-7-12(18)13(16)19/h1-2,5,12,17H,3-4,7-8H2,(H2,16,19). The maximum atomic E-state index is 13.1. The van der Waals surface area contributed by atoms with Crippen molar-refractivity contribution in [2.45, 2.75) is 12.6 Å². The highest BCUT2D eigenvalue weighted by Gasteiger charge is 2.27. The third kappa shape index (κ3) is 3.08. The second-order valence-corrected chi connectivity index (χ2v) is 4.51. The number of nitriles is 1. The first-order valence-corrected chi connectivity index (χ1v) is 6.04. The Morgan fingerprint density at radius 3 is 3.11 bits per heavy atom. The first-order chi connectivity index (χ1) is 9.11. The number of carbonyl (C=O) groups is 1. The van der Waals surface area contributed by atoms with E-state index in [0.29, 0.717) is 30.8 Å². The van der Waals surface area contributed by atoms with Crippen LogP contribution in [0.3, 0.4) is 0 Å². The average molecular weight is 262 g/mol. The molecule has 5 nitrogen and oxygen atoms in total. The van der Waals surface area contributed by atoms with E-state index in [0.717, 1.165) is 6.54 Å². The molecule has 0 saturated carbocycles. The van der Waals surface area contributed by atoms with E-state index in [9.17, 15) is 9.18 Å². The summed E-state index contributed by atoms with van der Waals surface area (Å²) < 4.78 is 13.1. The SMILES string of the molecule is N#Cc1cc(F)ccc1CN1CCNCC1C(N)=O. The van der Waals surface area contributed by atoms with Gasteiger partial charge in [0.2, 0.25) is 5.91 Å². The van der Waals surface area contributed by atoms with Crippen LogP contribution in [0.1, 0.15) is 11.1 Å². The molecule has 0 aromatic heterocycles. The topological polar surface area (TPSA) is 82.2 Å². The van der Waals surface area contributed by atoms with E-state index in [2.05, 4.69) is 5.32 Å². The minimum Gasteiger partial charge on any atom is -0.368 e. The number of primary amides is 1. The second kappa shape index (κ2) is 5.78. The van der Waals surface area contributed by atoms with Crippen LogP contribution in [-0.4, -0.2) is 36.5 Å². The van der Waals surface area contributed by atoms with E-state index in [4.69, 9.17) is 11.0 Å². The molecule has 19 heavy (non-hydrogen) atoms. The number of nitrogens with two attached hydrogens (primary N) is 1. The lowest BCUT2D eigenvalue weighted by molar-refractivity contribution is -0.124. The van der Waals surface area contributed by atoms with E-state index in [1.807, 2.05) is 11.0 Å². The molecule has 0 spiro atoms. The van der Waals surface area contributed by atoms with E-state index in [-0.39, 0.29) is 0 Å². The molecule has 1 aliphatic rings. The molecule has 3 N–H and O–H groups in total. The largest absolute Gasteiger partial charge is 0.368 e. The molecule has 1 aromatic rings. The lowest BCUT2D eigenvalue weighted by Gasteiger charge is -2.34. The molecule has 1 atom stereocenters. The number of carbonyl (C=O) groups excluding carboxylic acids is 1. The smallest absolute Gasteiger partial charge is 0.236 e. The van der Waals surface area contributed by atoms with Crippen LogP contribution in [-0.2, 0) is 11.3 Å². The molecule has 1 aliphatic heterocycles. The van der Waals surface area contributed by atoms with Gasteiger partial charge in [-0.15, -0.1) is 0 Å². The van der Waals surface area contributed by atoms with E-state index < -0.39 is 17.8 Å². The summed E-state index contributed by atoms with van der Waals surface area (Å²) in [5.41, 5.74) is 6.36. The molecule has 1 fully saturated rings. The Balaban J connectivity index is 2.20. The third-order valence-corrected chi connectivity index (χ3v) is 3.25. The van der Waals surface area contributed by atoms with Crippen molar-refractivity contribution in [3.63, 3.8) is 0 Å². The molecule has 1 saturated heterocycles. The predicted octanol–water partition coefficient (Wildman–Crippen LogP) is -0.0435. The van der Waals surface area contributed by atoms with Crippen molar-refractivity contribution in [2.75, 3.05) is 19.6 Å². The van der Waals surface area contributed by atoms with Crippen molar-refractivity contribution in [2.24, 2.45) is 5.73 Å². The summed E-state index contributed by atoms with van der Waals surface area (Å²) >= 11 is 0. The highest BCUT2D eigenvalue weighted by Crippen LogP contribution is 2.15. The Kier molecular flexibility index (Phi) is 4.10. The fraction of sp³-hybridized carbons (Fsp3) is 0.385. The van der Waals surface area contributed by atoms with Gasteiger partial charge in [0.25, 0.3) is 0 Å². The van der Waals surface area contributed by atoms with Crippen LogP contribution in [0.4, 0.5) is 4.39 Å². The maximum Gasteiger partial charge on any atom is 0.236 e. The molecule has 100 valence electrons. The van der Waals surface area contributed by atoms with Gasteiger partial charge in [0.1, 0.15) is 11.9 Å². The van der Waals surface area contributed by atoms with Crippen LogP contribution in [0.15, 0.2) is 18.2 Å². The Bertz CT molecular complexity index is 526. The van der Waals surface area contributed by atoms with Crippen molar-refractivity contribution in [3.8, 4) is 6.07 Å². The van der Waals surface area contributed by atoms with Crippen LogP contribution >= 0.6 is 0 Å². The lowest BCUT2D eigenvalue weighted by Crippen LogP contribution is -2.56. The Morgan fingerprint density at radius 1 is 1.63 bits per heavy atom. The zero-order valence-corrected chi connectivity index (χ0v) is 10.4. The summed E-state index contributed by atoms with van der Waals surface area (Å²) in [6, 6.07) is 5.67. The fourth-order valence-corrected chi connectivity index (χ4v) is 2.23. The van der Waals surface area contributed by atoms with E-state index >= 15 is 0 Å². The van der Waals surface area contributed by atoms with Crippen molar-refractivity contribution in [1.82, 2.24) is 10.2 Å². The molecule has 2 rings (SSSR count). The number of halogens is 1. The number of nitrogens with zero attached hydrogens (tertiary/aromatic N) is 2. The van der Waals surface area contributed by atoms with Crippen LogP contribution in [0.25, 0.3) is 0 Å². The minimum absolute atomic E-state index is 0.293. The van der Waals surface area contributed by atoms with E-state index in [1.165, 1.54) is 12.1 Å². The van der Waals surface area contributed by atoms with Gasteiger partial charge in [0, 0.05) is 26.2 Å². The third-order valence-electron chi connectivity index (χ3n) is 3.25. The van der Waals surface area contributed by atoms with Gasteiger partial charge in [-0.1, -0.05) is 6.07 Å². The van der Waals surface area contributed by atoms with Crippen LogP contribution < -0.4 is 11.1 Å². The molecule has 0 bridgehead atoms. The van der Waals surface area contributed by atoms with Gasteiger partial charge in [-0.2, -0.15) is 5.26 Å². The highest BCUT2D eigenvalue weighted by molar-refractivity contribution is 5.80. The first-order valence-electron chi connectivity index (χ1n) is 6.04.